The number of hydrogen-bond acceptors (Lipinski definition) is 7. The summed E-state index contributed by atoms with van der Waals surface area (Å²) in [5, 5.41) is 2.76. The Hall–Kier alpha value is -2.35. The molecule has 0 aromatic carbocycles. The fraction of sp³-hybridized carbons (Fsp3) is 0.731. The lowest BCUT2D eigenvalue weighted by Gasteiger charge is -2.28. The van der Waals surface area contributed by atoms with Gasteiger partial charge >= 0.3 is 18.0 Å². The van der Waals surface area contributed by atoms with E-state index in [4.69, 9.17) is 18.9 Å². The number of nitrogens with one attached hydrogen (secondary N) is 1. The van der Waals surface area contributed by atoms with Gasteiger partial charge in [0.05, 0.1) is 12.7 Å². The Bertz CT molecular complexity index is 672. The third-order valence-corrected chi connectivity index (χ3v) is 5.25. The molecule has 0 saturated carbocycles. The van der Waals surface area contributed by atoms with Crippen molar-refractivity contribution in [3.8, 4) is 0 Å². The number of amides is 1. The van der Waals surface area contributed by atoms with Gasteiger partial charge < -0.3 is 24.3 Å². The van der Waals surface area contributed by atoms with Gasteiger partial charge in [-0.2, -0.15) is 0 Å². The van der Waals surface area contributed by atoms with Gasteiger partial charge in [-0.1, -0.05) is 52.3 Å². The van der Waals surface area contributed by atoms with Crippen molar-refractivity contribution in [2.45, 2.75) is 79.8 Å². The molecule has 2 unspecified atom stereocenters. The molecule has 1 amide bonds. The Balaban J connectivity index is 3.91. The molecule has 0 rings (SSSR count). The van der Waals surface area contributed by atoms with Crippen LogP contribution in [0.4, 0.5) is 4.79 Å². The molecular weight excluding hydrogens is 438 g/mol. The molecule has 1 N–H and O–H groups in total. The van der Waals surface area contributed by atoms with Crippen LogP contribution in [0.15, 0.2) is 24.3 Å². The monoisotopic (exact) mass is 483 g/mol. The summed E-state index contributed by atoms with van der Waals surface area (Å²) in [5.74, 6) is -0.256. The van der Waals surface area contributed by atoms with E-state index in [2.05, 4.69) is 39.2 Å². The maximum atomic E-state index is 11.8. The molecule has 8 heteroatoms. The first-order valence-corrected chi connectivity index (χ1v) is 12.0. The zero-order chi connectivity index (χ0) is 26.1. The summed E-state index contributed by atoms with van der Waals surface area (Å²) in [4.78, 5) is 34.9. The largest absolute Gasteiger partial charge is 0.463 e. The first kappa shape index (κ1) is 31.6. The fourth-order valence-corrected chi connectivity index (χ4v) is 3.23. The van der Waals surface area contributed by atoms with Crippen LogP contribution in [0, 0.1) is 11.3 Å². The molecule has 0 spiro atoms. The minimum atomic E-state index is -0.537. The van der Waals surface area contributed by atoms with Crippen LogP contribution in [0.2, 0.25) is 0 Å². The van der Waals surface area contributed by atoms with Crippen molar-refractivity contribution < 1.29 is 33.3 Å². The van der Waals surface area contributed by atoms with E-state index in [1.165, 1.54) is 0 Å². The van der Waals surface area contributed by atoms with Crippen LogP contribution >= 0.6 is 0 Å². The van der Waals surface area contributed by atoms with E-state index < -0.39 is 12.1 Å². The van der Waals surface area contributed by atoms with Gasteiger partial charge in [0.2, 0.25) is 0 Å². The molecule has 0 heterocycles. The molecule has 0 bridgehead atoms. The average Bonchev–Trinajstić information content (AvgIpc) is 2.75. The van der Waals surface area contributed by atoms with Crippen molar-refractivity contribution in [3.63, 3.8) is 0 Å². The Kier molecular flexibility index (Phi) is 16.0. The maximum Gasteiger partial charge on any atom is 0.407 e. The summed E-state index contributed by atoms with van der Waals surface area (Å²) in [5.41, 5.74) is 1.14. The normalized spacial score (nSPS) is 12.9. The highest BCUT2D eigenvalue weighted by Crippen LogP contribution is 2.27. The van der Waals surface area contributed by atoms with Crippen molar-refractivity contribution in [2.24, 2.45) is 11.3 Å². The average molecular weight is 484 g/mol. The molecule has 0 aliphatic heterocycles. The van der Waals surface area contributed by atoms with E-state index >= 15 is 0 Å². The molecule has 0 aliphatic carbocycles. The molecule has 34 heavy (non-hydrogen) atoms. The van der Waals surface area contributed by atoms with Crippen molar-refractivity contribution in [2.75, 3.05) is 33.0 Å². The van der Waals surface area contributed by atoms with Crippen molar-refractivity contribution in [1.82, 2.24) is 5.32 Å². The number of unbranched alkanes of at least 4 members (excludes halogenated alkanes) is 1. The highest BCUT2D eigenvalue weighted by atomic mass is 16.6. The Labute approximate surface area is 205 Å². The molecule has 196 valence electrons. The summed E-state index contributed by atoms with van der Waals surface area (Å²) in [6.07, 6.45) is 3.47. The van der Waals surface area contributed by atoms with E-state index in [0.717, 1.165) is 31.3 Å². The van der Waals surface area contributed by atoms with Crippen LogP contribution in [0.25, 0.3) is 0 Å². The molecular formula is C26H45NO7. The minimum absolute atomic E-state index is 0.00489. The van der Waals surface area contributed by atoms with Crippen LogP contribution in [0.5, 0.6) is 0 Å². The molecule has 0 aliphatic rings. The van der Waals surface area contributed by atoms with E-state index in [1.54, 1.807) is 6.92 Å². The molecule has 0 aromatic heterocycles. The van der Waals surface area contributed by atoms with Gasteiger partial charge in [-0.05, 0) is 44.9 Å². The molecule has 0 saturated heterocycles. The van der Waals surface area contributed by atoms with Crippen LogP contribution in [0.3, 0.4) is 0 Å². The van der Waals surface area contributed by atoms with E-state index in [9.17, 15) is 14.4 Å². The first-order valence-electron chi connectivity index (χ1n) is 12.0. The molecule has 0 aromatic rings. The summed E-state index contributed by atoms with van der Waals surface area (Å²) in [7, 11) is 0. The van der Waals surface area contributed by atoms with Gasteiger partial charge in [-0.3, -0.25) is 4.79 Å². The number of carbonyl (C=O) groups is 3. The maximum absolute atomic E-state index is 11.8. The van der Waals surface area contributed by atoms with E-state index in [1.807, 2.05) is 13.8 Å². The van der Waals surface area contributed by atoms with Gasteiger partial charge in [0.1, 0.15) is 19.8 Å². The smallest absolute Gasteiger partial charge is 0.407 e. The standard InChI is InChI=1S/C26H45NO7/c1-19(2)22(6)31-13-14-32-23(28)12-10-9-11-21(5)17-26(7,8)18-27-25(30)34-16-15-33-24(29)20(3)4/h21-22H,1,3,9-18H2,2,4-8H3,(H,27,30). The van der Waals surface area contributed by atoms with E-state index in [-0.39, 0.29) is 37.3 Å². The lowest BCUT2D eigenvalue weighted by Crippen LogP contribution is -2.35. The summed E-state index contributed by atoms with van der Waals surface area (Å²) >= 11 is 0. The lowest BCUT2D eigenvalue weighted by atomic mass is 9.81. The van der Waals surface area contributed by atoms with Gasteiger partial charge in [-0.15, -0.1) is 0 Å². The van der Waals surface area contributed by atoms with Crippen molar-refractivity contribution in [1.29, 1.82) is 0 Å². The number of rotatable bonds is 18. The van der Waals surface area contributed by atoms with Crippen LogP contribution in [-0.4, -0.2) is 57.1 Å². The fourth-order valence-electron chi connectivity index (χ4n) is 3.23. The SMILES string of the molecule is C=C(C)C(=O)OCCOC(=O)NCC(C)(C)CC(C)CCCCC(=O)OCCOC(C)C(=C)C. The third-order valence-electron chi connectivity index (χ3n) is 5.25. The van der Waals surface area contributed by atoms with Crippen LogP contribution < -0.4 is 5.32 Å². The van der Waals surface area contributed by atoms with Crippen LogP contribution in [-0.2, 0) is 28.5 Å². The second-order valence-corrected chi connectivity index (χ2v) is 9.70. The number of hydrogen-bond donors (Lipinski definition) is 1. The Morgan fingerprint density at radius 3 is 2.15 bits per heavy atom. The zero-order valence-corrected chi connectivity index (χ0v) is 22.0. The second kappa shape index (κ2) is 17.1. The second-order valence-electron chi connectivity index (χ2n) is 9.70. The summed E-state index contributed by atoms with van der Waals surface area (Å²) in [6.45, 7) is 20.1. The lowest BCUT2D eigenvalue weighted by molar-refractivity contribution is -0.145. The van der Waals surface area contributed by atoms with Crippen LogP contribution in [0.1, 0.15) is 73.6 Å². The number of ether oxygens (including phenoxy) is 4. The Morgan fingerprint density at radius 2 is 1.53 bits per heavy atom. The summed E-state index contributed by atoms with van der Waals surface area (Å²) in [6, 6.07) is 0. The topological polar surface area (TPSA) is 100 Å². The molecule has 8 nitrogen and oxygen atoms in total. The molecule has 2 atom stereocenters. The highest BCUT2D eigenvalue weighted by Gasteiger charge is 2.22. The molecule has 0 radical (unpaired) electrons. The quantitative estimate of drug-likeness (QED) is 0.0966. The number of esters is 2. The van der Waals surface area contributed by atoms with Gasteiger partial charge in [-0.25, -0.2) is 9.59 Å². The number of carbonyl (C=O) groups excluding carboxylic acids is 3. The van der Waals surface area contributed by atoms with Gasteiger partial charge in [0, 0.05) is 18.5 Å². The van der Waals surface area contributed by atoms with Gasteiger partial charge in [0.15, 0.2) is 0 Å². The van der Waals surface area contributed by atoms with Crippen molar-refractivity contribution >= 4 is 18.0 Å². The summed E-state index contributed by atoms with van der Waals surface area (Å²) < 4.78 is 20.6. The minimum Gasteiger partial charge on any atom is -0.463 e. The van der Waals surface area contributed by atoms with Gasteiger partial charge in [0.25, 0.3) is 0 Å². The number of alkyl carbamates (subject to hydrolysis) is 1. The predicted octanol–water partition coefficient (Wildman–Crippen LogP) is 4.97. The Morgan fingerprint density at radius 1 is 0.912 bits per heavy atom. The van der Waals surface area contributed by atoms with E-state index in [0.29, 0.717) is 31.1 Å². The zero-order valence-electron chi connectivity index (χ0n) is 22.0. The molecule has 0 fully saturated rings. The third kappa shape index (κ3) is 17.2. The highest BCUT2D eigenvalue weighted by molar-refractivity contribution is 5.86. The first-order chi connectivity index (χ1) is 15.8. The van der Waals surface area contributed by atoms with Crippen molar-refractivity contribution in [3.05, 3.63) is 24.3 Å². The predicted molar refractivity (Wildman–Crippen MR) is 132 cm³/mol.